The first-order chi connectivity index (χ1) is 24.1. The highest BCUT2D eigenvalue weighted by Crippen LogP contribution is 2.36. The van der Waals surface area contributed by atoms with Gasteiger partial charge in [-0.2, -0.15) is 27.2 Å². The number of methoxy groups -OCH3 is 1. The monoisotopic (exact) mass is 714 g/mol. The van der Waals surface area contributed by atoms with Crippen LogP contribution in [0.15, 0.2) is 72.9 Å². The Bertz CT molecular complexity index is 1800. The molecule has 4 amide bonds. The SMILES string of the molecule is COc1ccc([C@H](NC(=O)[C@H](Cc2cccc(C#N)c2)NC(=O)c2ccccn2)C(=O)N[C@H](C(=O)C(F)(F)C(=O)NCC(F)(F)F)C2CC2)cc1. The molecule has 1 heterocycles. The Morgan fingerprint density at radius 2 is 1.63 bits per heavy atom. The lowest BCUT2D eigenvalue weighted by atomic mass is 9.98. The molecule has 0 radical (unpaired) electrons. The Morgan fingerprint density at radius 1 is 0.922 bits per heavy atom. The minimum Gasteiger partial charge on any atom is -0.497 e. The van der Waals surface area contributed by atoms with Gasteiger partial charge in [0.1, 0.15) is 30.1 Å². The molecule has 268 valence electrons. The Labute approximate surface area is 287 Å². The van der Waals surface area contributed by atoms with Gasteiger partial charge in [-0.3, -0.25) is 29.0 Å². The van der Waals surface area contributed by atoms with Crippen molar-refractivity contribution in [2.75, 3.05) is 13.7 Å². The van der Waals surface area contributed by atoms with Crippen molar-refractivity contribution in [3.05, 3.63) is 95.3 Å². The number of rotatable bonds is 15. The van der Waals surface area contributed by atoms with Crippen molar-refractivity contribution >= 4 is 29.4 Å². The predicted molar refractivity (Wildman–Crippen MR) is 168 cm³/mol. The second-order valence-corrected chi connectivity index (χ2v) is 11.5. The van der Waals surface area contributed by atoms with Crippen LogP contribution >= 0.6 is 0 Å². The molecule has 0 bridgehead atoms. The molecule has 17 heteroatoms. The molecule has 0 saturated heterocycles. The van der Waals surface area contributed by atoms with Crippen LogP contribution in [0, 0.1) is 17.2 Å². The minimum absolute atomic E-state index is 0.0449. The summed E-state index contributed by atoms with van der Waals surface area (Å²) in [6, 6.07) is 13.1. The van der Waals surface area contributed by atoms with Crippen molar-refractivity contribution < 1.29 is 50.7 Å². The molecule has 4 rings (SSSR count). The fourth-order valence-electron chi connectivity index (χ4n) is 4.94. The van der Waals surface area contributed by atoms with E-state index >= 15 is 0 Å². The van der Waals surface area contributed by atoms with E-state index in [1.54, 1.807) is 24.3 Å². The van der Waals surface area contributed by atoms with E-state index in [0.717, 1.165) is 5.32 Å². The number of ketones is 1. The van der Waals surface area contributed by atoms with Crippen LogP contribution < -0.4 is 26.0 Å². The van der Waals surface area contributed by atoms with Gasteiger partial charge in [-0.15, -0.1) is 0 Å². The van der Waals surface area contributed by atoms with E-state index in [9.17, 15) is 51.2 Å². The molecule has 3 atom stereocenters. The standard InChI is InChI=1S/C34H31F5N6O6/c1-51-23-12-10-22(11-13-23)27(31(49)44-26(21-8-9-21)28(46)34(38,39)32(50)42-18-33(35,36)37)45-30(48)25(16-19-5-4-6-20(15-19)17-40)43-29(47)24-7-2-3-14-41-24/h2-7,10-15,21,25-27H,8-9,16,18H2,1H3,(H,42,50)(H,43,47)(H,44,49)(H,45,48)/t25-,26-,27-/m0/s1. The lowest BCUT2D eigenvalue weighted by molar-refractivity contribution is -0.165. The first-order valence-electron chi connectivity index (χ1n) is 15.4. The zero-order valence-corrected chi connectivity index (χ0v) is 26.8. The number of ether oxygens (including phenoxy) is 1. The van der Waals surface area contributed by atoms with Gasteiger partial charge in [-0.05, 0) is 66.3 Å². The number of hydrogen-bond acceptors (Lipinski definition) is 8. The summed E-state index contributed by atoms with van der Waals surface area (Å²) in [5.41, 5.74) is 0.750. The summed E-state index contributed by atoms with van der Waals surface area (Å²) >= 11 is 0. The van der Waals surface area contributed by atoms with Gasteiger partial charge in [0.2, 0.25) is 17.6 Å². The molecular weight excluding hydrogens is 683 g/mol. The zero-order chi connectivity index (χ0) is 37.3. The van der Waals surface area contributed by atoms with Crippen LogP contribution in [0.3, 0.4) is 0 Å². The Morgan fingerprint density at radius 3 is 2.22 bits per heavy atom. The molecule has 1 aromatic heterocycles. The van der Waals surface area contributed by atoms with Gasteiger partial charge in [0.25, 0.3) is 11.8 Å². The maximum Gasteiger partial charge on any atom is 0.405 e. The average Bonchev–Trinajstić information content (AvgIpc) is 3.97. The average molecular weight is 715 g/mol. The Hall–Kier alpha value is -5.92. The number of carbonyl (C=O) groups is 5. The number of carbonyl (C=O) groups excluding carboxylic acids is 5. The first kappa shape index (κ1) is 37.9. The molecule has 1 fully saturated rings. The number of nitrogens with one attached hydrogen (secondary N) is 4. The summed E-state index contributed by atoms with van der Waals surface area (Å²) in [7, 11) is 1.37. The number of aromatic nitrogens is 1. The second kappa shape index (κ2) is 16.2. The number of nitrogens with zero attached hydrogens (tertiary/aromatic N) is 2. The van der Waals surface area contributed by atoms with E-state index in [4.69, 9.17) is 4.74 Å². The van der Waals surface area contributed by atoms with Gasteiger partial charge in [0, 0.05) is 12.6 Å². The van der Waals surface area contributed by atoms with Crippen LogP contribution in [0.25, 0.3) is 0 Å². The minimum atomic E-state index is -5.03. The molecule has 0 aliphatic heterocycles. The molecule has 1 aliphatic carbocycles. The topological polar surface area (TPSA) is 179 Å². The number of hydrogen-bond donors (Lipinski definition) is 4. The molecule has 3 aromatic rings. The zero-order valence-electron chi connectivity index (χ0n) is 26.8. The maximum absolute atomic E-state index is 14.9. The summed E-state index contributed by atoms with van der Waals surface area (Å²) in [6.07, 6.45) is -3.50. The van der Waals surface area contributed by atoms with Crippen LogP contribution in [0.1, 0.15) is 46.1 Å². The molecular formula is C34H31F5N6O6. The molecule has 1 aliphatic rings. The largest absolute Gasteiger partial charge is 0.497 e. The van der Waals surface area contributed by atoms with Crippen LogP contribution in [-0.4, -0.2) is 72.2 Å². The summed E-state index contributed by atoms with van der Waals surface area (Å²) in [5.74, 6) is -13.0. The van der Waals surface area contributed by atoms with Crippen molar-refractivity contribution in [2.24, 2.45) is 5.92 Å². The Kier molecular flexibility index (Phi) is 12.0. The maximum atomic E-state index is 14.9. The predicted octanol–water partition coefficient (Wildman–Crippen LogP) is 2.94. The molecule has 4 N–H and O–H groups in total. The number of alkyl halides is 5. The molecule has 12 nitrogen and oxygen atoms in total. The molecule has 0 spiro atoms. The lowest BCUT2D eigenvalue weighted by Gasteiger charge is -2.27. The highest BCUT2D eigenvalue weighted by molar-refractivity contribution is 6.11. The summed E-state index contributed by atoms with van der Waals surface area (Å²) in [6.45, 7) is -2.11. The van der Waals surface area contributed by atoms with Gasteiger partial charge < -0.3 is 26.0 Å². The van der Waals surface area contributed by atoms with E-state index in [0.29, 0.717) is 11.3 Å². The quantitative estimate of drug-likeness (QED) is 0.137. The first-order valence-corrected chi connectivity index (χ1v) is 15.4. The summed E-state index contributed by atoms with van der Waals surface area (Å²) in [5, 5.41) is 17.5. The van der Waals surface area contributed by atoms with Gasteiger partial charge in [-0.25, -0.2) is 0 Å². The molecule has 1 saturated carbocycles. The fraction of sp³-hybridized carbons (Fsp3) is 0.324. The number of amides is 4. The van der Waals surface area contributed by atoms with Crippen molar-refractivity contribution in [1.29, 1.82) is 5.26 Å². The van der Waals surface area contributed by atoms with Crippen LogP contribution in [-0.2, 0) is 25.6 Å². The lowest BCUT2D eigenvalue weighted by Crippen LogP contribution is -2.58. The van der Waals surface area contributed by atoms with Gasteiger partial charge >= 0.3 is 12.1 Å². The van der Waals surface area contributed by atoms with Gasteiger partial charge in [0.15, 0.2) is 0 Å². The number of halogens is 5. The van der Waals surface area contributed by atoms with Crippen LogP contribution in [0.2, 0.25) is 0 Å². The number of nitriles is 1. The Balaban J connectivity index is 1.63. The third-order valence-corrected chi connectivity index (χ3v) is 7.73. The van der Waals surface area contributed by atoms with E-state index in [1.807, 2.05) is 6.07 Å². The van der Waals surface area contributed by atoms with E-state index in [1.165, 1.54) is 55.8 Å². The van der Waals surface area contributed by atoms with Crippen LogP contribution in [0.4, 0.5) is 22.0 Å². The molecule has 0 unspecified atom stereocenters. The molecule has 2 aromatic carbocycles. The third kappa shape index (κ3) is 10.3. The van der Waals surface area contributed by atoms with E-state index in [2.05, 4.69) is 20.9 Å². The van der Waals surface area contributed by atoms with Crippen molar-refractivity contribution in [3.8, 4) is 11.8 Å². The van der Waals surface area contributed by atoms with Gasteiger partial charge in [-0.1, -0.05) is 30.3 Å². The van der Waals surface area contributed by atoms with E-state index in [-0.39, 0.29) is 36.1 Å². The van der Waals surface area contributed by atoms with Gasteiger partial charge in [0.05, 0.1) is 24.8 Å². The fourth-order valence-corrected chi connectivity index (χ4v) is 4.94. The smallest absolute Gasteiger partial charge is 0.405 e. The van der Waals surface area contributed by atoms with Crippen molar-refractivity contribution in [1.82, 2.24) is 26.3 Å². The van der Waals surface area contributed by atoms with Crippen molar-refractivity contribution in [3.63, 3.8) is 0 Å². The third-order valence-electron chi connectivity index (χ3n) is 7.73. The van der Waals surface area contributed by atoms with Crippen molar-refractivity contribution in [2.45, 2.75) is 49.5 Å². The van der Waals surface area contributed by atoms with Crippen LogP contribution in [0.5, 0.6) is 5.75 Å². The second-order valence-electron chi connectivity index (χ2n) is 11.5. The highest BCUT2D eigenvalue weighted by Gasteiger charge is 2.54. The van der Waals surface area contributed by atoms with E-state index < -0.39 is 72.1 Å². The normalized spacial score (nSPS) is 14.5. The summed E-state index contributed by atoms with van der Waals surface area (Å²) < 4.78 is 72.6. The number of benzene rings is 2. The summed E-state index contributed by atoms with van der Waals surface area (Å²) in [4.78, 5) is 69.7. The number of pyridine rings is 1. The highest BCUT2D eigenvalue weighted by atomic mass is 19.4. The number of Topliss-reactive ketones (excluding diaryl/α,β-unsaturated/α-hetero) is 1. The molecule has 51 heavy (non-hydrogen) atoms.